The summed E-state index contributed by atoms with van der Waals surface area (Å²) >= 11 is 3.36. The monoisotopic (exact) mass is 312 g/mol. The lowest BCUT2D eigenvalue weighted by atomic mass is 10.2. The molecule has 0 saturated carbocycles. The van der Waals surface area contributed by atoms with E-state index in [4.69, 9.17) is 0 Å². The second-order valence-corrected chi connectivity index (χ2v) is 4.94. The zero-order valence-electron chi connectivity index (χ0n) is 10.6. The van der Waals surface area contributed by atoms with E-state index in [1.54, 1.807) is 24.1 Å². The number of rotatable bonds is 6. The van der Waals surface area contributed by atoms with E-state index in [0.717, 1.165) is 22.9 Å². The highest BCUT2D eigenvalue weighted by atomic mass is 79.9. The lowest BCUT2D eigenvalue weighted by Crippen LogP contribution is -2.35. The van der Waals surface area contributed by atoms with Crippen molar-refractivity contribution in [3.8, 4) is 0 Å². The minimum absolute atomic E-state index is 0.0452. The summed E-state index contributed by atoms with van der Waals surface area (Å²) in [5.74, 6) is -0.0452. The molecule has 5 heteroatoms. The van der Waals surface area contributed by atoms with Crippen molar-refractivity contribution in [2.24, 2.45) is 0 Å². The summed E-state index contributed by atoms with van der Waals surface area (Å²) < 4.78 is 0.879. The average molecular weight is 313 g/mol. The highest BCUT2D eigenvalue weighted by Gasteiger charge is 2.11. The first kappa shape index (κ1) is 14.7. The quantitative estimate of drug-likeness (QED) is 0.819. The van der Waals surface area contributed by atoms with Gasteiger partial charge in [0.25, 0.3) is 0 Å². The molecule has 98 valence electrons. The zero-order valence-corrected chi connectivity index (χ0v) is 12.2. The van der Waals surface area contributed by atoms with Gasteiger partial charge in [-0.15, -0.1) is 0 Å². The molecule has 1 amide bonds. The Bertz CT molecular complexity index is 435. The lowest BCUT2D eigenvalue weighted by Gasteiger charge is -2.20. The largest absolute Gasteiger partial charge is 0.365 e. The van der Waals surface area contributed by atoms with Crippen molar-refractivity contribution in [2.45, 2.75) is 13.3 Å². The van der Waals surface area contributed by atoms with Crippen LogP contribution in [0.1, 0.15) is 23.7 Å². The van der Waals surface area contributed by atoms with E-state index < -0.39 is 0 Å². The second kappa shape index (κ2) is 7.16. The zero-order chi connectivity index (χ0) is 13.5. The second-order valence-electron chi connectivity index (χ2n) is 4.03. The normalized spacial score (nSPS) is 9.94. The van der Waals surface area contributed by atoms with Crippen LogP contribution in [-0.4, -0.2) is 32.3 Å². The Morgan fingerprint density at radius 3 is 2.83 bits per heavy atom. The Balaban J connectivity index is 2.76. The van der Waals surface area contributed by atoms with Crippen LogP contribution < -0.4 is 10.2 Å². The van der Waals surface area contributed by atoms with E-state index in [-0.39, 0.29) is 12.5 Å². The molecule has 0 aliphatic carbocycles. The number of likely N-dealkylation sites (N-methyl/N-ethyl adjacent to an activating group) is 1. The van der Waals surface area contributed by atoms with Gasteiger partial charge in [-0.05, 0) is 24.6 Å². The molecule has 0 bridgehead atoms. The molecule has 0 heterocycles. The minimum Gasteiger partial charge on any atom is -0.365 e. The summed E-state index contributed by atoms with van der Waals surface area (Å²) in [6, 6.07) is 5.36. The maximum atomic E-state index is 11.6. The fraction of sp³-hybridized carbons (Fsp3) is 0.385. The van der Waals surface area contributed by atoms with Gasteiger partial charge in [-0.1, -0.05) is 22.9 Å². The Morgan fingerprint density at radius 2 is 2.22 bits per heavy atom. The van der Waals surface area contributed by atoms with Crippen molar-refractivity contribution in [1.82, 2.24) is 5.32 Å². The van der Waals surface area contributed by atoms with Gasteiger partial charge in [-0.3, -0.25) is 9.59 Å². The molecule has 18 heavy (non-hydrogen) atoms. The third-order valence-corrected chi connectivity index (χ3v) is 2.98. The molecule has 0 aliphatic heterocycles. The van der Waals surface area contributed by atoms with Gasteiger partial charge in [0.1, 0.15) is 0 Å². The number of nitrogens with one attached hydrogen (secondary N) is 1. The summed E-state index contributed by atoms with van der Waals surface area (Å²) in [6.45, 7) is 2.91. The third-order valence-electron chi connectivity index (χ3n) is 2.48. The van der Waals surface area contributed by atoms with E-state index in [2.05, 4.69) is 21.2 Å². The van der Waals surface area contributed by atoms with Crippen molar-refractivity contribution in [2.75, 3.05) is 25.0 Å². The van der Waals surface area contributed by atoms with Crippen LogP contribution in [-0.2, 0) is 4.79 Å². The Labute approximate surface area is 115 Å². The summed E-state index contributed by atoms with van der Waals surface area (Å²) in [6.07, 6.45) is 1.70. The number of carbonyl (C=O) groups excluding carboxylic acids is 2. The maximum Gasteiger partial charge on any atom is 0.239 e. The number of hydrogen-bond acceptors (Lipinski definition) is 3. The van der Waals surface area contributed by atoms with Gasteiger partial charge in [0.15, 0.2) is 6.29 Å². The van der Waals surface area contributed by atoms with Gasteiger partial charge in [-0.2, -0.15) is 0 Å². The molecule has 0 aliphatic rings. The summed E-state index contributed by atoms with van der Waals surface area (Å²) in [5.41, 5.74) is 1.31. The Kier molecular flexibility index (Phi) is 5.85. The number of nitrogens with zero attached hydrogens (tertiary/aromatic N) is 1. The third kappa shape index (κ3) is 4.14. The highest BCUT2D eigenvalue weighted by Crippen LogP contribution is 2.22. The van der Waals surface area contributed by atoms with Gasteiger partial charge in [-0.25, -0.2) is 0 Å². The minimum atomic E-state index is -0.0452. The predicted octanol–water partition coefficient (Wildman–Crippen LogP) is 2.22. The first-order chi connectivity index (χ1) is 8.58. The SMILES string of the molecule is CCCNC(=O)CN(C)c1cc(Br)ccc1C=O. The van der Waals surface area contributed by atoms with E-state index >= 15 is 0 Å². The van der Waals surface area contributed by atoms with Crippen LogP contribution in [0.5, 0.6) is 0 Å². The molecule has 0 radical (unpaired) electrons. The first-order valence-electron chi connectivity index (χ1n) is 5.81. The molecule has 0 spiro atoms. The molecule has 1 N–H and O–H groups in total. The van der Waals surface area contributed by atoms with Gasteiger partial charge >= 0.3 is 0 Å². The van der Waals surface area contributed by atoms with Crippen LogP contribution in [0.25, 0.3) is 0 Å². The molecule has 4 nitrogen and oxygen atoms in total. The highest BCUT2D eigenvalue weighted by molar-refractivity contribution is 9.10. The van der Waals surface area contributed by atoms with Gasteiger partial charge in [0.2, 0.25) is 5.91 Å². The van der Waals surface area contributed by atoms with Crippen LogP contribution in [0.2, 0.25) is 0 Å². The molecule has 0 saturated heterocycles. The molecule has 0 atom stereocenters. The number of hydrogen-bond donors (Lipinski definition) is 1. The molecule has 1 aromatic carbocycles. The van der Waals surface area contributed by atoms with Crippen molar-refractivity contribution in [3.63, 3.8) is 0 Å². The molecular weight excluding hydrogens is 296 g/mol. The number of amides is 1. The number of aldehydes is 1. The van der Waals surface area contributed by atoms with Crippen molar-refractivity contribution < 1.29 is 9.59 Å². The number of benzene rings is 1. The summed E-state index contributed by atoms with van der Waals surface area (Å²) in [4.78, 5) is 24.3. The molecule has 0 unspecified atom stereocenters. The molecule has 0 fully saturated rings. The Hall–Kier alpha value is -1.36. The average Bonchev–Trinajstić information content (AvgIpc) is 2.36. The van der Waals surface area contributed by atoms with Gasteiger partial charge in [0.05, 0.1) is 6.54 Å². The maximum absolute atomic E-state index is 11.6. The van der Waals surface area contributed by atoms with Crippen molar-refractivity contribution in [3.05, 3.63) is 28.2 Å². The number of anilines is 1. The van der Waals surface area contributed by atoms with Crippen LogP contribution in [0.15, 0.2) is 22.7 Å². The van der Waals surface area contributed by atoms with E-state index in [1.807, 2.05) is 13.0 Å². The van der Waals surface area contributed by atoms with E-state index in [1.165, 1.54) is 0 Å². The predicted molar refractivity (Wildman–Crippen MR) is 76.1 cm³/mol. The Morgan fingerprint density at radius 1 is 1.50 bits per heavy atom. The van der Waals surface area contributed by atoms with Gasteiger partial charge < -0.3 is 10.2 Å². The van der Waals surface area contributed by atoms with Crippen molar-refractivity contribution >= 4 is 33.8 Å². The van der Waals surface area contributed by atoms with E-state index in [0.29, 0.717) is 12.1 Å². The van der Waals surface area contributed by atoms with E-state index in [9.17, 15) is 9.59 Å². The van der Waals surface area contributed by atoms with Crippen molar-refractivity contribution in [1.29, 1.82) is 0 Å². The van der Waals surface area contributed by atoms with Crippen LogP contribution in [0.4, 0.5) is 5.69 Å². The molecule has 0 aromatic heterocycles. The summed E-state index contributed by atoms with van der Waals surface area (Å²) in [7, 11) is 1.79. The van der Waals surface area contributed by atoms with Gasteiger partial charge in [0, 0.05) is 29.3 Å². The summed E-state index contributed by atoms with van der Waals surface area (Å²) in [5, 5.41) is 2.80. The van der Waals surface area contributed by atoms with Crippen LogP contribution >= 0.6 is 15.9 Å². The van der Waals surface area contributed by atoms with Crippen LogP contribution in [0.3, 0.4) is 0 Å². The number of carbonyl (C=O) groups is 2. The molecular formula is C13H17BrN2O2. The fourth-order valence-electron chi connectivity index (χ4n) is 1.57. The number of halogens is 1. The smallest absolute Gasteiger partial charge is 0.239 e. The van der Waals surface area contributed by atoms with Crippen LogP contribution in [0, 0.1) is 0 Å². The fourth-order valence-corrected chi connectivity index (χ4v) is 1.92. The molecule has 1 aromatic rings. The topological polar surface area (TPSA) is 49.4 Å². The lowest BCUT2D eigenvalue weighted by molar-refractivity contribution is -0.119. The molecule has 1 rings (SSSR count). The standard InChI is InChI=1S/C13H17BrN2O2/c1-3-6-15-13(18)8-16(2)12-7-11(14)5-4-10(12)9-17/h4-5,7,9H,3,6,8H2,1-2H3,(H,15,18). The first-order valence-corrected chi connectivity index (χ1v) is 6.60.